The van der Waals surface area contributed by atoms with Crippen LogP contribution in [0.2, 0.25) is 0 Å². The Morgan fingerprint density at radius 3 is 1.29 bits per heavy atom. The zero-order valence-electron chi connectivity index (χ0n) is 51.3. The number of nitrogens with zero attached hydrogens (tertiary/aromatic N) is 11. The fourth-order valence-electron chi connectivity index (χ4n) is 8.69. The summed E-state index contributed by atoms with van der Waals surface area (Å²) >= 11 is 0. The van der Waals surface area contributed by atoms with Crippen molar-refractivity contribution in [3.63, 3.8) is 0 Å². The molecule has 2 aliphatic heterocycles. The molecule has 0 unspecified atom stereocenters. The number of hydrogen-bond donors (Lipinski definition) is 3. The fourth-order valence-corrected chi connectivity index (χ4v) is 8.69. The molecule has 2 saturated heterocycles. The van der Waals surface area contributed by atoms with Crippen molar-refractivity contribution in [2.45, 2.75) is 146 Å². The van der Waals surface area contributed by atoms with Crippen molar-refractivity contribution in [3.8, 4) is 11.5 Å². The van der Waals surface area contributed by atoms with Gasteiger partial charge in [-0.05, 0) is 130 Å². The van der Waals surface area contributed by atoms with Crippen molar-refractivity contribution in [2.75, 3.05) is 118 Å². The topological polar surface area (TPSA) is 250 Å². The maximum absolute atomic E-state index is 13.5. The molecule has 6 amide bonds. The van der Waals surface area contributed by atoms with Crippen molar-refractivity contribution < 1.29 is 47.7 Å². The van der Waals surface area contributed by atoms with E-state index in [1.54, 1.807) is 96.3 Å². The van der Waals surface area contributed by atoms with Crippen LogP contribution in [0, 0.1) is 0 Å². The van der Waals surface area contributed by atoms with Crippen molar-refractivity contribution in [2.24, 2.45) is 0 Å². The molecule has 24 heteroatoms. The lowest BCUT2D eigenvalue weighted by atomic mass is 10.0. The van der Waals surface area contributed by atoms with E-state index >= 15 is 0 Å². The highest BCUT2D eigenvalue weighted by atomic mass is 16.6. The third-order valence-electron chi connectivity index (χ3n) is 13.2. The van der Waals surface area contributed by atoms with Crippen LogP contribution in [0.25, 0.3) is 0 Å². The van der Waals surface area contributed by atoms with Crippen molar-refractivity contribution in [3.05, 3.63) is 72.1 Å². The van der Waals surface area contributed by atoms with Crippen LogP contribution in [0.5, 0.6) is 11.5 Å². The number of urea groups is 2. The molecule has 470 valence electrons. The third-order valence-corrected chi connectivity index (χ3v) is 13.2. The molecule has 4 heterocycles. The SMILES string of the molecule is C.C.CCN(CC)c1ncc(N(C)C(=O)N(C)C)c(N[C@@H](Cc2ccc(OC(=O)N3CCCC3)cc2)C(=O)OC(C)(C)C)n1.CCN(CC)c1ncc(NC(=O)N(C)C)c(N[C@@H](Cc2ccc(OC(=O)N3CCCC3)cc2)C(=O)OC(C)(C)C)n1. The van der Waals surface area contributed by atoms with Gasteiger partial charge in [0.15, 0.2) is 11.6 Å². The first-order chi connectivity index (χ1) is 39.2. The van der Waals surface area contributed by atoms with Gasteiger partial charge in [0, 0.05) is 100 Å². The minimum Gasteiger partial charge on any atom is -0.458 e. The molecule has 0 spiro atoms. The highest BCUT2D eigenvalue weighted by Gasteiger charge is 2.31. The van der Waals surface area contributed by atoms with E-state index < -0.39 is 35.2 Å². The van der Waals surface area contributed by atoms with Gasteiger partial charge in [0.1, 0.15) is 46.2 Å². The molecule has 2 aromatic carbocycles. The smallest absolute Gasteiger partial charge is 0.415 e. The van der Waals surface area contributed by atoms with E-state index in [2.05, 4.69) is 30.9 Å². The lowest BCUT2D eigenvalue weighted by Gasteiger charge is -2.28. The molecule has 3 N–H and O–H groups in total. The molecular weight excluding hydrogens is 1090 g/mol. The summed E-state index contributed by atoms with van der Waals surface area (Å²) in [6.45, 7) is 24.4. The molecule has 6 rings (SSSR count). The Balaban J connectivity index is 0.000000435. The minimum atomic E-state index is -0.846. The molecule has 0 saturated carbocycles. The van der Waals surface area contributed by atoms with Crippen LogP contribution in [-0.4, -0.2) is 187 Å². The van der Waals surface area contributed by atoms with Crippen LogP contribution in [0.1, 0.15) is 121 Å². The maximum Gasteiger partial charge on any atom is 0.415 e. The summed E-state index contributed by atoms with van der Waals surface area (Å²) in [5.74, 6) is 1.48. The summed E-state index contributed by atoms with van der Waals surface area (Å²) in [4.78, 5) is 107. The standard InChI is InChI=1S/C30H45N7O5.C29H43N7O5.2CH4/c1-9-36(10-2)27-31-20-24(35(8)28(39)34(6)7)25(33-27)32-23(26(38)42-30(3,4)5)19-21-13-15-22(16-14-21)41-29(40)37-17-11-12-18-37;1-8-35(9-2)26-30-19-23(32-27(38)34(6)7)24(33-26)31-22(25(37)41-29(3,4)5)18-20-12-14-21(15-13-20)40-28(39)36-16-10-11-17-36;;/h13-16,20,23H,9-12,17-19H2,1-8H3,(H,31,32,33);12-15,19,22H,8-11,16-18H2,1-7H3,(H,32,38)(H,30,31,33);2*1H4/t23-;22-;;/m00../s1. The van der Waals surface area contributed by atoms with E-state index in [0.29, 0.717) is 98.8 Å². The van der Waals surface area contributed by atoms with E-state index in [4.69, 9.17) is 23.9 Å². The molecule has 2 fully saturated rings. The maximum atomic E-state index is 13.5. The van der Waals surface area contributed by atoms with Crippen LogP contribution in [0.4, 0.5) is 54.1 Å². The van der Waals surface area contributed by atoms with Gasteiger partial charge in [-0.25, -0.2) is 38.7 Å². The van der Waals surface area contributed by atoms with Gasteiger partial charge in [-0.3, -0.25) is 4.90 Å². The average molecular weight is 1190 g/mol. The molecule has 2 aliphatic rings. The van der Waals surface area contributed by atoms with Crippen LogP contribution in [0.3, 0.4) is 0 Å². The van der Waals surface area contributed by atoms with Gasteiger partial charge in [0.25, 0.3) is 0 Å². The Morgan fingerprint density at radius 1 is 0.553 bits per heavy atom. The first-order valence-electron chi connectivity index (χ1n) is 28.5. The number of aromatic nitrogens is 4. The lowest BCUT2D eigenvalue weighted by Crippen LogP contribution is -2.40. The Kier molecular flexibility index (Phi) is 27.4. The molecule has 2 aromatic heterocycles. The van der Waals surface area contributed by atoms with Crippen molar-refractivity contribution in [1.82, 2.24) is 39.5 Å². The summed E-state index contributed by atoms with van der Waals surface area (Å²) < 4.78 is 22.5. The van der Waals surface area contributed by atoms with Gasteiger partial charge < -0.3 is 64.3 Å². The van der Waals surface area contributed by atoms with Crippen LogP contribution in [0.15, 0.2) is 60.9 Å². The Hall–Kier alpha value is -8.18. The molecule has 0 bridgehead atoms. The zero-order chi connectivity index (χ0) is 61.2. The quantitative estimate of drug-likeness (QED) is 0.0696. The summed E-state index contributed by atoms with van der Waals surface area (Å²) in [5.41, 5.74) is 0.941. The largest absolute Gasteiger partial charge is 0.458 e. The Labute approximate surface area is 504 Å². The predicted molar refractivity (Wildman–Crippen MR) is 335 cm³/mol. The highest BCUT2D eigenvalue weighted by Crippen LogP contribution is 2.29. The van der Waals surface area contributed by atoms with Gasteiger partial charge in [-0.15, -0.1) is 0 Å². The van der Waals surface area contributed by atoms with Gasteiger partial charge in [0.05, 0.1) is 12.4 Å². The van der Waals surface area contributed by atoms with Crippen molar-refractivity contribution >= 4 is 71.1 Å². The molecule has 85 heavy (non-hydrogen) atoms. The first kappa shape index (κ1) is 71.1. The number of ether oxygens (including phenoxy) is 4. The number of anilines is 6. The Morgan fingerprint density at radius 2 is 0.929 bits per heavy atom. The second-order valence-electron chi connectivity index (χ2n) is 22.5. The summed E-state index contributed by atoms with van der Waals surface area (Å²) in [7, 11) is 8.21. The second-order valence-corrected chi connectivity index (χ2v) is 22.5. The summed E-state index contributed by atoms with van der Waals surface area (Å²) in [6.07, 6.45) is 6.83. The van der Waals surface area contributed by atoms with Crippen molar-refractivity contribution in [1.29, 1.82) is 0 Å². The normalized spacial score (nSPS) is 13.4. The van der Waals surface area contributed by atoms with Crippen LogP contribution >= 0.6 is 0 Å². The van der Waals surface area contributed by atoms with Gasteiger partial charge in [-0.1, -0.05) is 39.1 Å². The number of hydrogen-bond acceptors (Lipinski definition) is 18. The highest BCUT2D eigenvalue weighted by molar-refractivity contribution is 5.95. The molecule has 0 radical (unpaired) electrons. The van der Waals surface area contributed by atoms with E-state index in [9.17, 15) is 28.8 Å². The average Bonchev–Trinajstić information content (AvgIpc) is 4.07. The summed E-state index contributed by atoms with van der Waals surface area (Å²) in [6, 6.07) is 11.8. The fraction of sp³-hybridized carbons (Fsp3) is 0.574. The number of rotatable bonds is 20. The molecule has 24 nitrogen and oxygen atoms in total. The predicted octanol–water partition coefficient (Wildman–Crippen LogP) is 10.0. The first-order valence-corrected chi connectivity index (χ1v) is 28.5. The number of esters is 2. The van der Waals surface area contributed by atoms with E-state index in [1.807, 2.05) is 82.5 Å². The number of carbonyl (C=O) groups is 6. The van der Waals surface area contributed by atoms with Gasteiger partial charge in [0.2, 0.25) is 11.9 Å². The van der Waals surface area contributed by atoms with Gasteiger partial charge >= 0.3 is 36.2 Å². The van der Waals surface area contributed by atoms with Gasteiger partial charge in [-0.2, -0.15) is 9.97 Å². The number of likely N-dealkylation sites (tertiary alicyclic amines) is 2. The number of carbonyl (C=O) groups excluding carboxylic acids is 6. The van der Waals surface area contributed by atoms with E-state index in [1.165, 1.54) is 20.9 Å². The monoisotopic (exact) mass is 1180 g/mol. The second kappa shape index (κ2) is 32.8. The molecular formula is C61H96N14O10. The van der Waals surface area contributed by atoms with E-state index in [0.717, 1.165) is 36.8 Å². The molecule has 2 atom stereocenters. The number of nitrogens with one attached hydrogen (secondary N) is 3. The van der Waals surface area contributed by atoms with Crippen LogP contribution < -0.4 is 40.1 Å². The van der Waals surface area contributed by atoms with E-state index in [-0.39, 0.29) is 51.9 Å². The van der Waals surface area contributed by atoms with Crippen LogP contribution in [-0.2, 0) is 31.9 Å². The zero-order valence-corrected chi connectivity index (χ0v) is 51.3. The lowest BCUT2D eigenvalue weighted by molar-refractivity contribution is -0.156. The number of amides is 6. The summed E-state index contributed by atoms with van der Waals surface area (Å²) in [5, 5.41) is 9.27. The molecule has 0 aliphatic carbocycles. The number of benzene rings is 2. The Bertz CT molecular complexity index is 2790. The molecule has 4 aromatic rings. The third kappa shape index (κ3) is 21.8. The minimum absolute atomic E-state index is 0.